The van der Waals surface area contributed by atoms with Crippen LogP contribution < -0.4 is 4.72 Å². The molecule has 1 N–H and O–H groups in total. The molecule has 1 amide bonds. The van der Waals surface area contributed by atoms with Crippen LogP contribution in [0.1, 0.15) is 34.5 Å². The summed E-state index contributed by atoms with van der Waals surface area (Å²) in [6.45, 7) is 6.40. The maximum absolute atomic E-state index is 12.6. The Hall–Kier alpha value is -3.23. The van der Waals surface area contributed by atoms with Crippen molar-refractivity contribution in [2.24, 2.45) is 0 Å². The average molecular weight is 467 g/mol. The Kier molecular flexibility index (Phi) is 7.84. The Morgan fingerprint density at radius 1 is 1.06 bits per heavy atom. The van der Waals surface area contributed by atoms with Crippen molar-refractivity contribution in [3.63, 3.8) is 0 Å². The number of nitrogens with zero attached hydrogens (tertiary/aromatic N) is 3. The van der Waals surface area contributed by atoms with Gasteiger partial charge in [0, 0.05) is 43.2 Å². The van der Waals surface area contributed by atoms with Gasteiger partial charge in [-0.2, -0.15) is 5.10 Å². The molecule has 3 rings (SSSR count). The van der Waals surface area contributed by atoms with Crippen molar-refractivity contribution in [2.75, 3.05) is 13.6 Å². The molecule has 0 bridgehead atoms. The third-order valence-electron chi connectivity index (χ3n) is 5.49. The summed E-state index contributed by atoms with van der Waals surface area (Å²) in [5.41, 5.74) is 5.75. The van der Waals surface area contributed by atoms with E-state index in [0.29, 0.717) is 6.54 Å². The van der Waals surface area contributed by atoms with E-state index >= 15 is 0 Å². The maximum Gasteiger partial charge on any atom is 0.233 e. The molecule has 2 aromatic carbocycles. The van der Waals surface area contributed by atoms with E-state index in [1.165, 1.54) is 6.08 Å². The van der Waals surface area contributed by atoms with Gasteiger partial charge in [0.1, 0.15) is 0 Å². The van der Waals surface area contributed by atoms with E-state index in [1.807, 2.05) is 80.1 Å². The molecular weight excluding hydrogens is 436 g/mol. The number of para-hydroxylation sites is 1. The zero-order valence-electron chi connectivity index (χ0n) is 19.4. The number of rotatable bonds is 9. The molecule has 0 aliphatic carbocycles. The number of carbonyl (C=O) groups is 1. The minimum Gasteiger partial charge on any atom is -0.341 e. The zero-order valence-corrected chi connectivity index (χ0v) is 20.3. The normalized spacial score (nSPS) is 11.8. The zero-order chi connectivity index (χ0) is 24.0. The number of nitrogens with one attached hydrogen (secondary N) is 1. The maximum atomic E-state index is 12.6. The number of aryl methyl sites for hydroxylation is 2. The first-order valence-electron chi connectivity index (χ1n) is 10.8. The number of hydrogen-bond donors (Lipinski definition) is 1. The molecule has 0 aliphatic heterocycles. The van der Waals surface area contributed by atoms with Gasteiger partial charge in [-0.3, -0.25) is 4.79 Å². The number of carbonyl (C=O) groups excluding carboxylic acids is 1. The van der Waals surface area contributed by atoms with Crippen molar-refractivity contribution in [3.05, 3.63) is 88.1 Å². The smallest absolute Gasteiger partial charge is 0.233 e. The highest BCUT2D eigenvalue weighted by Crippen LogP contribution is 2.21. The van der Waals surface area contributed by atoms with Crippen LogP contribution in [0.4, 0.5) is 0 Å². The van der Waals surface area contributed by atoms with Crippen LogP contribution in [0, 0.1) is 20.8 Å². The first-order valence-corrected chi connectivity index (χ1v) is 12.3. The summed E-state index contributed by atoms with van der Waals surface area (Å²) in [6, 6.07) is 17.2. The standard InChI is InChI=1S/C25H30N4O3S/c1-19-10-8-9-13-24(19)29-21(3)23(20(2)27-29)18-28(4)25(30)14-16-26-33(31,32)17-15-22-11-6-5-7-12-22/h5-13,15,17,26H,14,16,18H2,1-4H3/b17-15+. The highest BCUT2D eigenvalue weighted by Gasteiger charge is 2.18. The predicted octanol–water partition coefficient (Wildman–Crippen LogP) is 3.74. The van der Waals surface area contributed by atoms with Gasteiger partial charge < -0.3 is 4.90 Å². The van der Waals surface area contributed by atoms with E-state index in [9.17, 15) is 13.2 Å². The monoisotopic (exact) mass is 466 g/mol. The fourth-order valence-electron chi connectivity index (χ4n) is 3.54. The topological polar surface area (TPSA) is 84.3 Å². The average Bonchev–Trinajstić information content (AvgIpc) is 3.06. The van der Waals surface area contributed by atoms with E-state index in [2.05, 4.69) is 9.82 Å². The van der Waals surface area contributed by atoms with Crippen LogP contribution in [0.2, 0.25) is 0 Å². The van der Waals surface area contributed by atoms with Gasteiger partial charge in [0.25, 0.3) is 0 Å². The van der Waals surface area contributed by atoms with Gasteiger partial charge in [-0.25, -0.2) is 17.8 Å². The second-order valence-corrected chi connectivity index (χ2v) is 9.65. The quantitative estimate of drug-likeness (QED) is 0.521. The van der Waals surface area contributed by atoms with Crippen molar-refractivity contribution in [2.45, 2.75) is 33.7 Å². The SMILES string of the molecule is Cc1ccccc1-n1nc(C)c(CN(C)C(=O)CCNS(=O)(=O)/C=C/c2ccccc2)c1C. The Balaban J connectivity index is 1.58. The Labute approximate surface area is 195 Å². The van der Waals surface area contributed by atoms with Gasteiger partial charge in [-0.15, -0.1) is 0 Å². The molecule has 33 heavy (non-hydrogen) atoms. The van der Waals surface area contributed by atoms with Crippen LogP contribution in [-0.2, 0) is 21.4 Å². The lowest BCUT2D eigenvalue weighted by molar-refractivity contribution is -0.130. The molecular formula is C25H30N4O3S. The molecule has 8 heteroatoms. The molecule has 0 spiro atoms. The van der Waals surface area contributed by atoms with Crippen molar-refractivity contribution in [3.8, 4) is 5.69 Å². The van der Waals surface area contributed by atoms with Gasteiger partial charge in [0.05, 0.1) is 11.4 Å². The fourth-order valence-corrected chi connectivity index (χ4v) is 4.36. The summed E-state index contributed by atoms with van der Waals surface area (Å²) in [5.74, 6) is -0.146. The first kappa shape index (κ1) is 24.4. The molecule has 0 fully saturated rings. The lowest BCUT2D eigenvalue weighted by Gasteiger charge is -2.18. The Morgan fingerprint density at radius 2 is 1.73 bits per heavy atom. The summed E-state index contributed by atoms with van der Waals surface area (Å²) in [5, 5.41) is 5.79. The molecule has 1 heterocycles. The van der Waals surface area contributed by atoms with E-state index in [-0.39, 0.29) is 18.9 Å². The van der Waals surface area contributed by atoms with Gasteiger partial charge in [-0.1, -0.05) is 48.5 Å². The Morgan fingerprint density at radius 3 is 2.42 bits per heavy atom. The molecule has 0 saturated carbocycles. The highest BCUT2D eigenvalue weighted by molar-refractivity contribution is 7.92. The largest absolute Gasteiger partial charge is 0.341 e. The van der Waals surface area contributed by atoms with Crippen molar-refractivity contribution < 1.29 is 13.2 Å². The molecule has 0 atom stereocenters. The third kappa shape index (κ3) is 6.40. The fraction of sp³-hybridized carbons (Fsp3) is 0.280. The van der Waals surface area contributed by atoms with Crippen LogP contribution in [0.15, 0.2) is 60.0 Å². The molecule has 174 valence electrons. The number of amides is 1. The molecule has 0 unspecified atom stereocenters. The number of benzene rings is 2. The summed E-state index contributed by atoms with van der Waals surface area (Å²) in [7, 11) is -1.90. The molecule has 3 aromatic rings. The van der Waals surface area contributed by atoms with E-state index in [0.717, 1.165) is 39.2 Å². The predicted molar refractivity (Wildman–Crippen MR) is 131 cm³/mol. The molecule has 7 nitrogen and oxygen atoms in total. The van der Waals surface area contributed by atoms with Crippen LogP contribution >= 0.6 is 0 Å². The van der Waals surface area contributed by atoms with E-state index in [4.69, 9.17) is 0 Å². The van der Waals surface area contributed by atoms with Crippen LogP contribution in [0.25, 0.3) is 11.8 Å². The third-order valence-corrected chi connectivity index (χ3v) is 6.59. The van der Waals surface area contributed by atoms with Crippen LogP contribution in [0.5, 0.6) is 0 Å². The van der Waals surface area contributed by atoms with Gasteiger partial charge in [0.15, 0.2) is 0 Å². The first-order chi connectivity index (χ1) is 15.7. The second kappa shape index (κ2) is 10.6. The molecule has 0 aliphatic rings. The highest BCUT2D eigenvalue weighted by atomic mass is 32.2. The van der Waals surface area contributed by atoms with Crippen molar-refractivity contribution in [1.82, 2.24) is 19.4 Å². The summed E-state index contributed by atoms with van der Waals surface area (Å²) >= 11 is 0. The second-order valence-electron chi connectivity index (χ2n) is 8.00. The number of aromatic nitrogens is 2. The molecule has 1 aromatic heterocycles. The van der Waals surface area contributed by atoms with Gasteiger partial charge >= 0.3 is 0 Å². The van der Waals surface area contributed by atoms with Crippen molar-refractivity contribution in [1.29, 1.82) is 0 Å². The van der Waals surface area contributed by atoms with Gasteiger partial charge in [-0.05, 0) is 44.0 Å². The van der Waals surface area contributed by atoms with Gasteiger partial charge in [0.2, 0.25) is 15.9 Å². The lowest BCUT2D eigenvalue weighted by atomic mass is 10.1. The summed E-state index contributed by atoms with van der Waals surface area (Å²) < 4.78 is 28.7. The van der Waals surface area contributed by atoms with E-state index < -0.39 is 10.0 Å². The number of sulfonamides is 1. The minimum atomic E-state index is -3.62. The number of hydrogen-bond acceptors (Lipinski definition) is 4. The summed E-state index contributed by atoms with van der Waals surface area (Å²) in [6.07, 6.45) is 1.59. The van der Waals surface area contributed by atoms with E-state index in [1.54, 1.807) is 11.9 Å². The summed E-state index contributed by atoms with van der Waals surface area (Å²) in [4.78, 5) is 14.2. The van der Waals surface area contributed by atoms with Crippen LogP contribution in [0.3, 0.4) is 0 Å². The van der Waals surface area contributed by atoms with Crippen molar-refractivity contribution >= 4 is 22.0 Å². The van der Waals surface area contributed by atoms with Crippen LogP contribution in [-0.4, -0.2) is 42.6 Å². The molecule has 0 radical (unpaired) electrons. The Bertz CT molecular complexity index is 1250. The molecule has 0 saturated heterocycles. The lowest BCUT2D eigenvalue weighted by Crippen LogP contribution is -2.31. The minimum absolute atomic E-state index is 0.0328.